The van der Waals surface area contributed by atoms with E-state index in [1.54, 1.807) is 16.5 Å². The van der Waals surface area contributed by atoms with Crippen LogP contribution in [0.3, 0.4) is 0 Å². The molecule has 0 fully saturated rings. The molecule has 1 aliphatic rings. The molecule has 3 amide bonds. The van der Waals surface area contributed by atoms with Gasteiger partial charge in [0.05, 0.1) is 12.6 Å². The van der Waals surface area contributed by atoms with Crippen molar-refractivity contribution in [3.63, 3.8) is 0 Å². The molecular formula is C30H35N7O3. The second-order valence-corrected chi connectivity index (χ2v) is 10.6. The van der Waals surface area contributed by atoms with E-state index in [0.29, 0.717) is 43.4 Å². The molecule has 40 heavy (non-hydrogen) atoms. The summed E-state index contributed by atoms with van der Waals surface area (Å²) in [6.45, 7) is 6.79. The Labute approximate surface area is 233 Å². The van der Waals surface area contributed by atoms with Crippen molar-refractivity contribution in [2.75, 3.05) is 13.1 Å². The van der Waals surface area contributed by atoms with Gasteiger partial charge in [-0.1, -0.05) is 62.4 Å². The molecule has 2 aromatic heterocycles. The van der Waals surface area contributed by atoms with E-state index in [-0.39, 0.29) is 30.1 Å². The van der Waals surface area contributed by atoms with Gasteiger partial charge < -0.3 is 20.5 Å². The number of carbonyl (C=O) groups excluding carboxylic acids is 3. The highest BCUT2D eigenvalue weighted by Gasteiger charge is 2.29. The minimum atomic E-state index is -0.717. The number of para-hydroxylation sites is 1. The molecule has 10 heteroatoms. The van der Waals surface area contributed by atoms with Gasteiger partial charge in [0, 0.05) is 36.0 Å². The highest BCUT2D eigenvalue weighted by molar-refractivity contribution is 5.98. The molecule has 2 aromatic carbocycles. The predicted molar refractivity (Wildman–Crippen MR) is 152 cm³/mol. The van der Waals surface area contributed by atoms with Gasteiger partial charge in [0.2, 0.25) is 11.8 Å². The quantitative estimate of drug-likeness (QED) is 0.365. The molecule has 4 aromatic rings. The number of aromatic nitrogens is 4. The first-order valence-electron chi connectivity index (χ1n) is 13.8. The van der Waals surface area contributed by atoms with Gasteiger partial charge in [0.1, 0.15) is 11.7 Å². The number of amides is 3. The van der Waals surface area contributed by atoms with Crippen molar-refractivity contribution in [2.45, 2.75) is 52.2 Å². The van der Waals surface area contributed by atoms with Crippen LogP contribution in [0.1, 0.15) is 56.0 Å². The summed E-state index contributed by atoms with van der Waals surface area (Å²) < 4.78 is 1.80. The number of aromatic amines is 1. The Morgan fingerprint density at radius 3 is 2.48 bits per heavy atom. The lowest BCUT2D eigenvalue weighted by Crippen LogP contribution is -2.47. The summed E-state index contributed by atoms with van der Waals surface area (Å²) in [5.74, 6) is 0.500. The average molecular weight is 542 g/mol. The zero-order chi connectivity index (χ0) is 28.2. The van der Waals surface area contributed by atoms with Crippen LogP contribution in [0.5, 0.6) is 0 Å². The van der Waals surface area contributed by atoms with E-state index in [1.807, 2.05) is 74.5 Å². The molecule has 0 saturated carbocycles. The summed E-state index contributed by atoms with van der Waals surface area (Å²) in [5, 5.41) is 11.6. The van der Waals surface area contributed by atoms with Gasteiger partial charge in [-0.15, -0.1) is 0 Å². The van der Waals surface area contributed by atoms with Crippen molar-refractivity contribution < 1.29 is 14.4 Å². The highest BCUT2D eigenvalue weighted by Crippen LogP contribution is 2.25. The average Bonchev–Trinajstić information content (AvgIpc) is 3.57. The van der Waals surface area contributed by atoms with Crippen LogP contribution >= 0.6 is 0 Å². The molecule has 0 radical (unpaired) electrons. The summed E-state index contributed by atoms with van der Waals surface area (Å²) in [6.07, 6.45) is 0.661. The molecule has 5 rings (SSSR count). The van der Waals surface area contributed by atoms with Crippen LogP contribution in [-0.2, 0) is 16.1 Å². The van der Waals surface area contributed by atoms with E-state index in [0.717, 1.165) is 16.5 Å². The second kappa shape index (κ2) is 11.7. The SMILES string of the molecule is CC(C)[C@@H]1NC(=O)[C@@H](C)NC(=O)CCCN(C(=O)c2cc3ccccc3[nH]2)CCn2nc(-c3ccccc3)nc21. The number of fused-ring (bicyclic) bond motifs is 2. The normalized spacial score (nSPS) is 19.1. The molecule has 10 nitrogen and oxygen atoms in total. The fourth-order valence-corrected chi connectivity index (χ4v) is 4.96. The first-order chi connectivity index (χ1) is 19.3. The Morgan fingerprint density at radius 1 is 0.975 bits per heavy atom. The molecular weight excluding hydrogens is 506 g/mol. The summed E-state index contributed by atoms with van der Waals surface area (Å²) in [7, 11) is 0. The van der Waals surface area contributed by atoms with Crippen LogP contribution in [0, 0.1) is 5.92 Å². The van der Waals surface area contributed by atoms with Crippen molar-refractivity contribution >= 4 is 28.6 Å². The van der Waals surface area contributed by atoms with Crippen LogP contribution in [0.15, 0.2) is 60.7 Å². The van der Waals surface area contributed by atoms with Crippen molar-refractivity contribution in [1.82, 2.24) is 35.3 Å². The fourth-order valence-electron chi connectivity index (χ4n) is 4.96. The van der Waals surface area contributed by atoms with Crippen LogP contribution < -0.4 is 10.6 Å². The van der Waals surface area contributed by atoms with E-state index in [9.17, 15) is 14.4 Å². The lowest BCUT2D eigenvalue weighted by Gasteiger charge is -2.27. The minimum Gasteiger partial charge on any atom is -0.351 e. The lowest BCUT2D eigenvalue weighted by molar-refractivity contribution is -0.129. The summed E-state index contributed by atoms with van der Waals surface area (Å²) in [6, 6.07) is 18.1. The van der Waals surface area contributed by atoms with E-state index < -0.39 is 12.1 Å². The van der Waals surface area contributed by atoms with Crippen molar-refractivity contribution in [2.24, 2.45) is 5.92 Å². The third-order valence-electron chi connectivity index (χ3n) is 7.21. The topological polar surface area (TPSA) is 125 Å². The van der Waals surface area contributed by atoms with Crippen LogP contribution in [0.25, 0.3) is 22.3 Å². The number of carbonyl (C=O) groups is 3. The molecule has 0 spiro atoms. The molecule has 2 atom stereocenters. The first kappa shape index (κ1) is 27.1. The van der Waals surface area contributed by atoms with Gasteiger partial charge in [-0.05, 0) is 31.4 Å². The molecule has 0 saturated heterocycles. The maximum absolute atomic E-state index is 13.7. The Hall–Kier alpha value is -4.47. The molecule has 3 N–H and O–H groups in total. The van der Waals surface area contributed by atoms with E-state index in [2.05, 4.69) is 15.6 Å². The molecule has 1 aliphatic heterocycles. The van der Waals surface area contributed by atoms with Gasteiger partial charge in [-0.25, -0.2) is 9.67 Å². The maximum Gasteiger partial charge on any atom is 0.270 e. The number of rotatable bonds is 3. The van der Waals surface area contributed by atoms with Crippen LogP contribution in [-0.4, -0.2) is 61.5 Å². The van der Waals surface area contributed by atoms with Gasteiger partial charge >= 0.3 is 0 Å². The van der Waals surface area contributed by atoms with Crippen molar-refractivity contribution in [3.8, 4) is 11.4 Å². The van der Waals surface area contributed by atoms with Crippen LogP contribution in [0.2, 0.25) is 0 Å². The van der Waals surface area contributed by atoms with Gasteiger partial charge in [0.15, 0.2) is 11.6 Å². The number of hydrogen-bond donors (Lipinski definition) is 3. The summed E-state index contributed by atoms with van der Waals surface area (Å²) >= 11 is 0. The van der Waals surface area contributed by atoms with Gasteiger partial charge in [-0.2, -0.15) is 5.10 Å². The number of benzene rings is 2. The second-order valence-electron chi connectivity index (χ2n) is 10.6. The molecule has 208 valence electrons. The Morgan fingerprint density at radius 2 is 1.73 bits per heavy atom. The number of nitrogens with one attached hydrogen (secondary N) is 3. The first-order valence-corrected chi connectivity index (χ1v) is 13.8. The largest absolute Gasteiger partial charge is 0.351 e. The number of hydrogen-bond acceptors (Lipinski definition) is 5. The molecule has 0 aliphatic carbocycles. The predicted octanol–water partition coefficient (Wildman–Crippen LogP) is 3.68. The van der Waals surface area contributed by atoms with E-state index >= 15 is 0 Å². The summed E-state index contributed by atoms with van der Waals surface area (Å²) in [4.78, 5) is 49.2. The number of nitrogens with zero attached hydrogens (tertiary/aromatic N) is 4. The maximum atomic E-state index is 13.7. The Bertz CT molecular complexity index is 1480. The third-order valence-corrected chi connectivity index (χ3v) is 7.21. The fraction of sp³-hybridized carbons (Fsp3) is 0.367. The zero-order valence-corrected chi connectivity index (χ0v) is 23.1. The van der Waals surface area contributed by atoms with Gasteiger partial charge in [0.25, 0.3) is 5.91 Å². The molecule has 3 heterocycles. The van der Waals surface area contributed by atoms with Crippen molar-refractivity contribution in [1.29, 1.82) is 0 Å². The van der Waals surface area contributed by atoms with Crippen molar-refractivity contribution in [3.05, 3.63) is 72.2 Å². The van der Waals surface area contributed by atoms with Crippen LogP contribution in [0.4, 0.5) is 0 Å². The highest BCUT2D eigenvalue weighted by atomic mass is 16.2. The monoisotopic (exact) mass is 541 g/mol. The number of H-pyrrole nitrogens is 1. The Balaban J connectivity index is 1.51. The molecule has 0 bridgehead atoms. The lowest BCUT2D eigenvalue weighted by atomic mass is 10.0. The smallest absolute Gasteiger partial charge is 0.270 e. The molecule has 0 unspecified atom stereocenters. The minimum absolute atomic E-state index is 0.00425. The third kappa shape index (κ3) is 5.90. The standard InChI is InChI=1S/C30H35N7O3/c1-19(2)26-28-34-27(21-10-5-4-6-11-21)35-37(28)17-16-36(15-9-14-25(38)31-20(3)29(39)33-26)30(40)24-18-22-12-7-8-13-23(22)32-24/h4-8,10-13,18-20,26,32H,9,14-17H2,1-3H3,(H,31,38)(H,33,39)/t20-,26+/m1/s1. The zero-order valence-electron chi connectivity index (χ0n) is 23.1. The Kier molecular flexibility index (Phi) is 7.95. The summed E-state index contributed by atoms with van der Waals surface area (Å²) in [5.41, 5.74) is 2.25. The van der Waals surface area contributed by atoms with Gasteiger partial charge in [-0.3, -0.25) is 14.4 Å². The van der Waals surface area contributed by atoms with E-state index in [1.165, 1.54) is 0 Å². The van der Waals surface area contributed by atoms with E-state index in [4.69, 9.17) is 10.1 Å².